The first-order valence-corrected chi connectivity index (χ1v) is 6.57. The van der Waals surface area contributed by atoms with Crippen LogP contribution in [0.25, 0.3) is 0 Å². The number of piperidine rings is 1. The first-order chi connectivity index (χ1) is 9.20. The molecule has 0 bridgehead atoms. The molecule has 1 aliphatic heterocycles. The maximum Gasteiger partial charge on any atom is 0.407 e. The number of hydrogen-bond acceptors (Lipinski definition) is 3. The van der Waals surface area contributed by atoms with Crippen molar-refractivity contribution in [3.05, 3.63) is 24.3 Å². The molecule has 0 spiro atoms. The van der Waals surface area contributed by atoms with Crippen LogP contribution in [0.2, 0.25) is 0 Å². The molecule has 1 aromatic rings. The van der Waals surface area contributed by atoms with E-state index >= 15 is 0 Å². The van der Waals surface area contributed by atoms with Gasteiger partial charge < -0.3 is 19.5 Å². The Hall–Kier alpha value is -1.91. The highest BCUT2D eigenvalue weighted by Crippen LogP contribution is 2.29. The van der Waals surface area contributed by atoms with Gasteiger partial charge in [-0.05, 0) is 19.1 Å². The van der Waals surface area contributed by atoms with Gasteiger partial charge in [-0.25, -0.2) is 4.79 Å². The molecule has 1 N–H and O–H groups in total. The number of nitrogens with zero attached hydrogens (tertiary/aromatic N) is 1. The van der Waals surface area contributed by atoms with Gasteiger partial charge in [0.15, 0.2) is 11.5 Å². The van der Waals surface area contributed by atoms with Crippen molar-refractivity contribution < 1.29 is 19.4 Å². The molecule has 1 aliphatic rings. The summed E-state index contributed by atoms with van der Waals surface area (Å²) in [5, 5.41) is 8.89. The number of rotatable bonds is 4. The number of amides is 1. The van der Waals surface area contributed by atoms with Crippen LogP contribution in [0.4, 0.5) is 4.79 Å². The first kappa shape index (κ1) is 13.5. The number of benzene rings is 1. The third kappa shape index (κ3) is 3.53. The van der Waals surface area contributed by atoms with Crippen LogP contribution in [-0.4, -0.2) is 41.9 Å². The lowest BCUT2D eigenvalue weighted by Crippen LogP contribution is -2.41. The van der Waals surface area contributed by atoms with Crippen LogP contribution in [0, 0.1) is 0 Å². The minimum absolute atomic E-state index is 0.0530. The van der Waals surface area contributed by atoms with Gasteiger partial charge in [0.25, 0.3) is 0 Å². The van der Waals surface area contributed by atoms with Crippen molar-refractivity contribution >= 4 is 6.09 Å². The van der Waals surface area contributed by atoms with Crippen molar-refractivity contribution in [2.45, 2.75) is 25.9 Å². The van der Waals surface area contributed by atoms with E-state index in [1.165, 1.54) is 4.90 Å². The predicted octanol–water partition coefficient (Wildman–Crippen LogP) is 2.61. The van der Waals surface area contributed by atoms with Gasteiger partial charge in [-0.15, -0.1) is 0 Å². The lowest BCUT2D eigenvalue weighted by atomic mass is 10.1. The summed E-state index contributed by atoms with van der Waals surface area (Å²) in [5.41, 5.74) is 0. The molecule has 1 fully saturated rings. The second kappa shape index (κ2) is 6.31. The van der Waals surface area contributed by atoms with Gasteiger partial charge in [0.1, 0.15) is 6.10 Å². The molecule has 0 radical (unpaired) electrons. The third-order valence-electron chi connectivity index (χ3n) is 3.16. The van der Waals surface area contributed by atoms with Crippen molar-refractivity contribution in [3.8, 4) is 11.5 Å². The minimum Gasteiger partial charge on any atom is -0.490 e. The van der Waals surface area contributed by atoms with Crippen LogP contribution in [0.1, 0.15) is 19.8 Å². The number of hydrogen-bond donors (Lipinski definition) is 1. The average molecular weight is 265 g/mol. The zero-order chi connectivity index (χ0) is 13.7. The van der Waals surface area contributed by atoms with Crippen molar-refractivity contribution in [2.75, 3.05) is 19.7 Å². The Labute approximate surface area is 112 Å². The normalized spacial score (nSPS) is 16.2. The summed E-state index contributed by atoms with van der Waals surface area (Å²) in [7, 11) is 0. The summed E-state index contributed by atoms with van der Waals surface area (Å²) < 4.78 is 11.4. The van der Waals surface area contributed by atoms with E-state index in [0.717, 1.165) is 11.5 Å². The summed E-state index contributed by atoms with van der Waals surface area (Å²) in [6.07, 6.45) is 0.629. The molecule has 2 rings (SSSR count). The fourth-order valence-electron chi connectivity index (χ4n) is 2.17. The van der Waals surface area contributed by atoms with E-state index in [0.29, 0.717) is 32.5 Å². The van der Waals surface area contributed by atoms with Crippen LogP contribution in [-0.2, 0) is 0 Å². The van der Waals surface area contributed by atoms with Gasteiger partial charge in [0, 0.05) is 25.9 Å². The highest BCUT2D eigenvalue weighted by Gasteiger charge is 2.24. The summed E-state index contributed by atoms with van der Waals surface area (Å²) in [4.78, 5) is 12.2. The van der Waals surface area contributed by atoms with Crippen molar-refractivity contribution in [1.82, 2.24) is 4.90 Å². The van der Waals surface area contributed by atoms with E-state index in [-0.39, 0.29) is 6.10 Å². The number of carboxylic acid groups (broad SMARTS) is 1. The summed E-state index contributed by atoms with van der Waals surface area (Å²) in [6, 6.07) is 7.58. The lowest BCUT2D eigenvalue weighted by Gasteiger charge is -2.30. The number of carbonyl (C=O) groups is 1. The van der Waals surface area contributed by atoms with Gasteiger partial charge in [0.2, 0.25) is 0 Å². The lowest BCUT2D eigenvalue weighted by molar-refractivity contribution is 0.0874. The van der Waals surface area contributed by atoms with Crippen LogP contribution in [0.15, 0.2) is 24.3 Å². The maximum atomic E-state index is 10.8. The van der Waals surface area contributed by atoms with E-state index in [1.54, 1.807) is 0 Å². The summed E-state index contributed by atoms with van der Waals surface area (Å²) in [5.74, 6) is 1.48. The van der Waals surface area contributed by atoms with Gasteiger partial charge >= 0.3 is 6.09 Å². The second-order valence-electron chi connectivity index (χ2n) is 4.47. The molecule has 0 unspecified atom stereocenters. The molecule has 0 saturated carbocycles. The molecule has 0 aliphatic carbocycles. The Morgan fingerprint density at radius 1 is 1.32 bits per heavy atom. The molecule has 0 aromatic heterocycles. The smallest absolute Gasteiger partial charge is 0.407 e. The first-order valence-electron chi connectivity index (χ1n) is 6.57. The highest BCUT2D eigenvalue weighted by atomic mass is 16.5. The molecule has 104 valence electrons. The van der Waals surface area contributed by atoms with E-state index in [1.807, 2.05) is 31.2 Å². The van der Waals surface area contributed by atoms with Crippen molar-refractivity contribution in [1.29, 1.82) is 0 Å². The fourth-order valence-corrected chi connectivity index (χ4v) is 2.17. The summed E-state index contributed by atoms with van der Waals surface area (Å²) in [6.45, 7) is 3.58. The van der Waals surface area contributed by atoms with Crippen LogP contribution < -0.4 is 9.47 Å². The molecule has 0 atom stereocenters. The van der Waals surface area contributed by atoms with Gasteiger partial charge in [-0.1, -0.05) is 12.1 Å². The molecule has 19 heavy (non-hydrogen) atoms. The molecular weight excluding hydrogens is 246 g/mol. The maximum absolute atomic E-state index is 10.8. The van der Waals surface area contributed by atoms with Crippen LogP contribution in [0.5, 0.6) is 11.5 Å². The van der Waals surface area contributed by atoms with Gasteiger partial charge in [-0.2, -0.15) is 0 Å². The van der Waals surface area contributed by atoms with Gasteiger partial charge in [-0.3, -0.25) is 0 Å². The average Bonchev–Trinajstić information content (AvgIpc) is 2.42. The van der Waals surface area contributed by atoms with E-state index in [2.05, 4.69) is 0 Å². The van der Waals surface area contributed by atoms with E-state index < -0.39 is 6.09 Å². The zero-order valence-electron chi connectivity index (χ0n) is 11.0. The Morgan fingerprint density at radius 2 is 1.95 bits per heavy atom. The Kier molecular flexibility index (Phi) is 4.49. The minimum atomic E-state index is -0.854. The van der Waals surface area contributed by atoms with Crippen molar-refractivity contribution in [3.63, 3.8) is 0 Å². The van der Waals surface area contributed by atoms with Crippen LogP contribution >= 0.6 is 0 Å². The Morgan fingerprint density at radius 3 is 2.53 bits per heavy atom. The largest absolute Gasteiger partial charge is 0.490 e. The fraction of sp³-hybridized carbons (Fsp3) is 0.500. The Balaban J connectivity index is 1.93. The van der Waals surface area contributed by atoms with E-state index in [9.17, 15) is 4.79 Å². The topological polar surface area (TPSA) is 59.0 Å². The standard InChI is InChI=1S/C14H19NO4/c1-2-18-12-5-3-4-6-13(12)19-11-7-9-15(10-8-11)14(16)17/h3-6,11H,2,7-10H2,1H3,(H,16,17). The second-order valence-corrected chi connectivity index (χ2v) is 4.47. The monoisotopic (exact) mass is 265 g/mol. The molecule has 1 saturated heterocycles. The number of para-hydroxylation sites is 2. The van der Waals surface area contributed by atoms with E-state index in [4.69, 9.17) is 14.6 Å². The number of ether oxygens (including phenoxy) is 2. The molecule has 5 heteroatoms. The summed E-state index contributed by atoms with van der Waals surface area (Å²) >= 11 is 0. The zero-order valence-corrected chi connectivity index (χ0v) is 11.0. The van der Waals surface area contributed by atoms with Crippen LogP contribution in [0.3, 0.4) is 0 Å². The SMILES string of the molecule is CCOc1ccccc1OC1CCN(C(=O)O)CC1. The quantitative estimate of drug-likeness (QED) is 0.909. The Bertz CT molecular complexity index is 427. The predicted molar refractivity (Wildman–Crippen MR) is 70.9 cm³/mol. The molecule has 1 amide bonds. The third-order valence-corrected chi connectivity index (χ3v) is 3.16. The van der Waals surface area contributed by atoms with Gasteiger partial charge in [0.05, 0.1) is 6.61 Å². The molecule has 1 heterocycles. The molecule has 5 nitrogen and oxygen atoms in total. The number of likely N-dealkylation sites (tertiary alicyclic amines) is 1. The molecule has 1 aromatic carbocycles. The highest BCUT2D eigenvalue weighted by molar-refractivity contribution is 5.65. The molecular formula is C14H19NO4. The van der Waals surface area contributed by atoms with Crippen molar-refractivity contribution in [2.24, 2.45) is 0 Å².